The topological polar surface area (TPSA) is 24.9 Å². The summed E-state index contributed by atoms with van der Waals surface area (Å²) in [7, 11) is 0. The molecule has 0 amide bonds. The number of nitrogens with zero attached hydrogens (tertiary/aromatic N) is 1. The highest BCUT2D eigenvalue weighted by atomic mass is 32.1. The van der Waals surface area contributed by atoms with E-state index in [-0.39, 0.29) is 0 Å². The van der Waals surface area contributed by atoms with Gasteiger partial charge in [-0.1, -0.05) is 13.0 Å². The number of hydrogen-bond donors (Lipinski definition) is 1. The second-order valence-electron chi connectivity index (χ2n) is 4.43. The summed E-state index contributed by atoms with van der Waals surface area (Å²) < 4.78 is 0. The van der Waals surface area contributed by atoms with Crippen LogP contribution in [-0.2, 0) is 6.42 Å². The Morgan fingerprint density at radius 2 is 2.28 bits per heavy atom. The minimum Gasteiger partial charge on any atom is -0.309 e. The molecule has 0 aliphatic rings. The summed E-state index contributed by atoms with van der Waals surface area (Å²) in [6.07, 6.45) is 5.25. The number of hydrogen-bond acceptors (Lipinski definition) is 3. The van der Waals surface area contributed by atoms with E-state index in [1.54, 1.807) is 11.3 Å². The molecule has 2 heterocycles. The fraction of sp³-hybridized carbons (Fsp3) is 0.400. The van der Waals surface area contributed by atoms with Crippen LogP contribution in [0.3, 0.4) is 0 Å². The molecule has 0 spiro atoms. The maximum absolute atomic E-state index is 4.47. The number of aromatic nitrogens is 1. The first-order valence-corrected chi connectivity index (χ1v) is 7.50. The smallest absolute Gasteiger partial charge is 0.0573 e. The molecule has 0 bridgehead atoms. The highest BCUT2D eigenvalue weighted by Gasteiger charge is 2.11. The van der Waals surface area contributed by atoms with E-state index in [0.29, 0.717) is 6.04 Å². The van der Waals surface area contributed by atoms with E-state index in [9.17, 15) is 0 Å². The van der Waals surface area contributed by atoms with Gasteiger partial charge in [0.1, 0.15) is 0 Å². The van der Waals surface area contributed by atoms with Crippen LogP contribution in [0.15, 0.2) is 41.2 Å². The van der Waals surface area contributed by atoms with E-state index < -0.39 is 0 Å². The molecule has 0 aliphatic heterocycles. The van der Waals surface area contributed by atoms with Crippen molar-refractivity contribution in [2.45, 2.75) is 32.2 Å². The van der Waals surface area contributed by atoms with Gasteiger partial charge in [-0.2, -0.15) is 11.3 Å². The molecule has 0 saturated carbocycles. The summed E-state index contributed by atoms with van der Waals surface area (Å²) >= 11 is 1.77. The van der Waals surface area contributed by atoms with Crippen LogP contribution in [0.1, 0.15) is 37.1 Å². The van der Waals surface area contributed by atoms with Gasteiger partial charge in [0.2, 0.25) is 0 Å². The standard InChI is InChI=1S/C15H20N2S/c1-2-9-16-15(14-5-3-4-10-17-14)7-6-13-8-11-18-12-13/h3-5,8,10-12,15-16H,2,6-7,9H2,1H3. The van der Waals surface area contributed by atoms with Crippen LogP contribution in [0.4, 0.5) is 0 Å². The first-order valence-electron chi connectivity index (χ1n) is 6.55. The van der Waals surface area contributed by atoms with Gasteiger partial charge in [0.15, 0.2) is 0 Å². The van der Waals surface area contributed by atoms with Gasteiger partial charge in [-0.05, 0) is 60.3 Å². The van der Waals surface area contributed by atoms with Crippen molar-refractivity contribution in [3.63, 3.8) is 0 Å². The summed E-state index contributed by atoms with van der Waals surface area (Å²) in [6.45, 7) is 3.24. The van der Waals surface area contributed by atoms with E-state index in [2.05, 4.69) is 46.2 Å². The zero-order valence-corrected chi connectivity index (χ0v) is 11.6. The Kier molecular flexibility index (Phi) is 5.36. The van der Waals surface area contributed by atoms with Crippen LogP contribution < -0.4 is 5.32 Å². The maximum Gasteiger partial charge on any atom is 0.0573 e. The highest BCUT2D eigenvalue weighted by Crippen LogP contribution is 2.18. The van der Waals surface area contributed by atoms with Crippen molar-refractivity contribution in [3.05, 3.63) is 52.5 Å². The van der Waals surface area contributed by atoms with Gasteiger partial charge >= 0.3 is 0 Å². The third-order valence-electron chi connectivity index (χ3n) is 2.99. The number of nitrogens with one attached hydrogen (secondary N) is 1. The number of aryl methyl sites for hydroxylation is 1. The molecular weight excluding hydrogens is 240 g/mol. The Labute approximate surface area is 113 Å². The van der Waals surface area contributed by atoms with Crippen LogP contribution in [0.5, 0.6) is 0 Å². The molecule has 3 heteroatoms. The van der Waals surface area contributed by atoms with Crippen LogP contribution in [-0.4, -0.2) is 11.5 Å². The highest BCUT2D eigenvalue weighted by molar-refractivity contribution is 7.07. The van der Waals surface area contributed by atoms with Crippen LogP contribution in [0.25, 0.3) is 0 Å². The lowest BCUT2D eigenvalue weighted by atomic mass is 10.0. The average molecular weight is 260 g/mol. The fourth-order valence-corrected chi connectivity index (χ4v) is 2.70. The molecule has 1 N–H and O–H groups in total. The molecule has 1 atom stereocenters. The zero-order chi connectivity index (χ0) is 12.6. The second-order valence-corrected chi connectivity index (χ2v) is 5.21. The molecule has 2 rings (SSSR count). The monoisotopic (exact) mass is 260 g/mol. The summed E-state index contributed by atoms with van der Waals surface area (Å²) in [5.41, 5.74) is 2.58. The van der Waals surface area contributed by atoms with Crippen molar-refractivity contribution in [2.24, 2.45) is 0 Å². The number of pyridine rings is 1. The second kappa shape index (κ2) is 7.29. The first-order chi connectivity index (χ1) is 8.90. The van der Waals surface area contributed by atoms with Crippen LogP contribution in [0.2, 0.25) is 0 Å². The summed E-state index contributed by atoms with van der Waals surface area (Å²) in [5, 5.41) is 7.96. The van der Waals surface area contributed by atoms with Gasteiger partial charge in [-0.3, -0.25) is 4.98 Å². The predicted octanol–water partition coefficient (Wildman–Crippen LogP) is 3.82. The Morgan fingerprint density at radius 3 is 2.94 bits per heavy atom. The lowest BCUT2D eigenvalue weighted by Gasteiger charge is -2.17. The van der Waals surface area contributed by atoms with Crippen molar-refractivity contribution < 1.29 is 0 Å². The molecule has 0 aromatic carbocycles. The Bertz CT molecular complexity index is 425. The Morgan fingerprint density at radius 1 is 1.33 bits per heavy atom. The minimum absolute atomic E-state index is 0.367. The van der Waals surface area contributed by atoms with E-state index >= 15 is 0 Å². The minimum atomic E-state index is 0.367. The van der Waals surface area contributed by atoms with Gasteiger partial charge in [0.25, 0.3) is 0 Å². The van der Waals surface area contributed by atoms with Crippen molar-refractivity contribution in [2.75, 3.05) is 6.54 Å². The maximum atomic E-state index is 4.47. The van der Waals surface area contributed by atoms with Crippen LogP contribution in [0, 0.1) is 0 Å². The summed E-state index contributed by atoms with van der Waals surface area (Å²) in [5.74, 6) is 0. The third kappa shape index (κ3) is 3.93. The zero-order valence-electron chi connectivity index (χ0n) is 10.8. The van der Waals surface area contributed by atoms with E-state index in [0.717, 1.165) is 31.5 Å². The molecule has 2 nitrogen and oxygen atoms in total. The molecule has 1 unspecified atom stereocenters. The van der Waals surface area contributed by atoms with Crippen molar-refractivity contribution >= 4 is 11.3 Å². The average Bonchev–Trinajstić information content (AvgIpc) is 2.93. The molecule has 0 saturated heterocycles. The Hall–Kier alpha value is -1.19. The molecular formula is C15H20N2S. The lowest BCUT2D eigenvalue weighted by molar-refractivity contribution is 0.489. The first kappa shape index (κ1) is 13.2. The molecule has 0 fully saturated rings. The SMILES string of the molecule is CCCNC(CCc1ccsc1)c1ccccn1. The number of rotatable bonds is 7. The van der Waals surface area contributed by atoms with Crippen molar-refractivity contribution in [1.82, 2.24) is 10.3 Å². The van der Waals surface area contributed by atoms with E-state index in [1.807, 2.05) is 12.3 Å². The fourth-order valence-electron chi connectivity index (χ4n) is 2.00. The molecule has 0 radical (unpaired) electrons. The molecule has 18 heavy (non-hydrogen) atoms. The van der Waals surface area contributed by atoms with Crippen molar-refractivity contribution in [3.8, 4) is 0 Å². The number of thiophene rings is 1. The van der Waals surface area contributed by atoms with Gasteiger partial charge in [-0.15, -0.1) is 0 Å². The van der Waals surface area contributed by atoms with E-state index in [4.69, 9.17) is 0 Å². The third-order valence-corrected chi connectivity index (χ3v) is 3.72. The normalized spacial score (nSPS) is 12.5. The quantitative estimate of drug-likeness (QED) is 0.818. The van der Waals surface area contributed by atoms with Crippen molar-refractivity contribution in [1.29, 1.82) is 0 Å². The molecule has 96 valence electrons. The van der Waals surface area contributed by atoms with Gasteiger partial charge in [0, 0.05) is 12.2 Å². The molecule has 2 aromatic heterocycles. The van der Waals surface area contributed by atoms with Gasteiger partial charge < -0.3 is 5.32 Å². The summed E-state index contributed by atoms with van der Waals surface area (Å²) in [6, 6.07) is 8.72. The summed E-state index contributed by atoms with van der Waals surface area (Å²) in [4.78, 5) is 4.47. The van der Waals surface area contributed by atoms with Gasteiger partial charge in [-0.25, -0.2) is 0 Å². The largest absolute Gasteiger partial charge is 0.309 e. The Balaban J connectivity index is 1.96. The van der Waals surface area contributed by atoms with Gasteiger partial charge in [0.05, 0.1) is 5.69 Å². The van der Waals surface area contributed by atoms with E-state index in [1.165, 1.54) is 5.56 Å². The van der Waals surface area contributed by atoms with Crippen LogP contribution >= 0.6 is 11.3 Å². The molecule has 0 aliphatic carbocycles. The predicted molar refractivity (Wildman–Crippen MR) is 77.9 cm³/mol. The molecule has 2 aromatic rings. The lowest BCUT2D eigenvalue weighted by Crippen LogP contribution is -2.23.